The molecule has 98 valence electrons. The maximum absolute atomic E-state index is 12.1. The number of hydrogen-bond donors (Lipinski definition) is 1. The van der Waals surface area contributed by atoms with Crippen molar-refractivity contribution in [2.75, 3.05) is 5.73 Å². The van der Waals surface area contributed by atoms with Gasteiger partial charge in [-0.05, 0) is 43.2 Å². The number of carbonyl (C=O) groups excluding carboxylic acids is 1. The minimum Gasteiger partial charge on any atom is -0.454 e. The normalized spacial score (nSPS) is 11.9. The maximum atomic E-state index is 12.1. The smallest absolute Gasteiger partial charge is 0.338 e. The third-order valence-electron chi connectivity index (χ3n) is 2.89. The van der Waals surface area contributed by atoms with Gasteiger partial charge in [-0.15, -0.1) is 0 Å². The van der Waals surface area contributed by atoms with Crippen LogP contribution in [0.25, 0.3) is 0 Å². The summed E-state index contributed by atoms with van der Waals surface area (Å²) < 4.78 is 5.44. The highest BCUT2D eigenvalue weighted by molar-refractivity contribution is 5.90. The molecule has 1 unspecified atom stereocenters. The summed E-state index contributed by atoms with van der Waals surface area (Å²) in [6.07, 6.45) is -0.282. The number of rotatable bonds is 3. The Kier molecular flexibility index (Phi) is 3.85. The molecule has 2 N–H and O–H groups in total. The second-order valence-electron chi connectivity index (χ2n) is 4.59. The van der Waals surface area contributed by atoms with Crippen LogP contribution in [0.5, 0.6) is 0 Å². The quantitative estimate of drug-likeness (QED) is 0.674. The van der Waals surface area contributed by atoms with E-state index in [2.05, 4.69) is 0 Å². The average Bonchev–Trinajstić information content (AvgIpc) is 2.38. The number of nitrogen functional groups attached to an aromatic ring is 1. The molecule has 0 radical (unpaired) electrons. The van der Waals surface area contributed by atoms with Gasteiger partial charge in [-0.25, -0.2) is 4.79 Å². The first-order valence-electron chi connectivity index (χ1n) is 6.19. The summed E-state index contributed by atoms with van der Waals surface area (Å²) in [5.41, 5.74) is 8.70. The van der Waals surface area contributed by atoms with E-state index in [4.69, 9.17) is 10.5 Å². The topological polar surface area (TPSA) is 52.3 Å². The molecule has 0 bridgehead atoms. The maximum Gasteiger partial charge on any atom is 0.338 e. The monoisotopic (exact) mass is 255 g/mol. The number of benzene rings is 2. The molecule has 0 saturated carbocycles. The Hall–Kier alpha value is -2.29. The second kappa shape index (κ2) is 5.57. The molecule has 0 aliphatic rings. The molecule has 2 rings (SSSR count). The standard InChI is InChI=1S/C16H17NO2/c1-11-8-14(10-15(17)9-11)16(18)19-12(2)13-6-4-3-5-7-13/h3-10,12H,17H2,1-2H3. The Morgan fingerprint density at radius 2 is 1.84 bits per heavy atom. The van der Waals surface area contributed by atoms with E-state index in [1.54, 1.807) is 12.1 Å². The Bertz CT molecular complexity index is 558. The first kappa shape index (κ1) is 13.1. The molecule has 0 spiro atoms. The van der Waals surface area contributed by atoms with Gasteiger partial charge in [0, 0.05) is 5.69 Å². The summed E-state index contributed by atoms with van der Waals surface area (Å²) in [7, 11) is 0. The van der Waals surface area contributed by atoms with Crippen LogP contribution in [0.2, 0.25) is 0 Å². The molecule has 0 amide bonds. The molecule has 0 aliphatic heterocycles. The Labute approximate surface area is 113 Å². The third-order valence-corrected chi connectivity index (χ3v) is 2.89. The number of esters is 1. The fourth-order valence-electron chi connectivity index (χ4n) is 1.95. The van der Waals surface area contributed by atoms with Crippen molar-refractivity contribution in [2.24, 2.45) is 0 Å². The van der Waals surface area contributed by atoms with Gasteiger partial charge in [0.15, 0.2) is 0 Å². The SMILES string of the molecule is Cc1cc(N)cc(C(=O)OC(C)c2ccccc2)c1. The minimum atomic E-state index is -0.355. The highest BCUT2D eigenvalue weighted by Crippen LogP contribution is 2.19. The molecule has 3 nitrogen and oxygen atoms in total. The van der Waals surface area contributed by atoms with Crippen LogP contribution in [0.15, 0.2) is 48.5 Å². The molecule has 0 heterocycles. The van der Waals surface area contributed by atoms with E-state index in [1.807, 2.05) is 50.2 Å². The van der Waals surface area contributed by atoms with E-state index >= 15 is 0 Å². The summed E-state index contributed by atoms with van der Waals surface area (Å²) in [6.45, 7) is 3.75. The molecular weight excluding hydrogens is 238 g/mol. The molecule has 0 aromatic heterocycles. The van der Waals surface area contributed by atoms with Crippen molar-refractivity contribution < 1.29 is 9.53 Å². The zero-order valence-electron chi connectivity index (χ0n) is 11.1. The third kappa shape index (κ3) is 3.35. The van der Waals surface area contributed by atoms with E-state index < -0.39 is 0 Å². The number of nitrogens with two attached hydrogens (primary N) is 1. The lowest BCUT2D eigenvalue weighted by Gasteiger charge is -2.14. The number of anilines is 1. The average molecular weight is 255 g/mol. The van der Waals surface area contributed by atoms with Gasteiger partial charge in [-0.3, -0.25) is 0 Å². The van der Waals surface area contributed by atoms with Gasteiger partial charge in [0.25, 0.3) is 0 Å². The van der Waals surface area contributed by atoms with Crippen LogP contribution in [0.1, 0.15) is 34.5 Å². The summed E-state index contributed by atoms with van der Waals surface area (Å²) in [6, 6.07) is 14.9. The van der Waals surface area contributed by atoms with Gasteiger partial charge in [-0.2, -0.15) is 0 Å². The molecule has 2 aromatic rings. The van der Waals surface area contributed by atoms with Crippen molar-refractivity contribution in [3.8, 4) is 0 Å². The second-order valence-corrected chi connectivity index (χ2v) is 4.59. The van der Waals surface area contributed by atoms with E-state index in [1.165, 1.54) is 0 Å². The highest BCUT2D eigenvalue weighted by atomic mass is 16.5. The zero-order chi connectivity index (χ0) is 13.8. The number of aryl methyl sites for hydroxylation is 1. The Balaban J connectivity index is 2.13. The summed E-state index contributed by atoms with van der Waals surface area (Å²) in [5, 5.41) is 0. The largest absolute Gasteiger partial charge is 0.454 e. The fourth-order valence-corrected chi connectivity index (χ4v) is 1.95. The van der Waals surface area contributed by atoms with Crippen LogP contribution in [0.4, 0.5) is 5.69 Å². The van der Waals surface area contributed by atoms with Gasteiger partial charge in [0.2, 0.25) is 0 Å². The van der Waals surface area contributed by atoms with E-state index in [0.717, 1.165) is 11.1 Å². The predicted molar refractivity (Wildman–Crippen MR) is 75.9 cm³/mol. The number of hydrogen-bond acceptors (Lipinski definition) is 3. The van der Waals surface area contributed by atoms with Crippen LogP contribution in [0.3, 0.4) is 0 Å². The Morgan fingerprint density at radius 1 is 1.16 bits per heavy atom. The molecule has 3 heteroatoms. The van der Waals surface area contributed by atoms with Crippen molar-refractivity contribution in [1.29, 1.82) is 0 Å². The van der Waals surface area contributed by atoms with E-state index in [-0.39, 0.29) is 12.1 Å². The van der Waals surface area contributed by atoms with Crippen molar-refractivity contribution in [2.45, 2.75) is 20.0 Å². The van der Waals surface area contributed by atoms with Crippen molar-refractivity contribution in [3.63, 3.8) is 0 Å². The first-order valence-corrected chi connectivity index (χ1v) is 6.19. The number of carbonyl (C=O) groups is 1. The van der Waals surface area contributed by atoms with Crippen LogP contribution < -0.4 is 5.73 Å². The predicted octanol–water partition coefficient (Wildman–Crippen LogP) is 3.50. The summed E-state index contributed by atoms with van der Waals surface area (Å²) >= 11 is 0. The number of ether oxygens (including phenoxy) is 1. The van der Waals surface area contributed by atoms with Crippen LogP contribution >= 0.6 is 0 Å². The first-order chi connectivity index (χ1) is 9.06. The summed E-state index contributed by atoms with van der Waals surface area (Å²) in [4.78, 5) is 12.1. The van der Waals surface area contributed by atoms with Gasteiger partial charge in [-0.1, -0.05) is 30.3 Å². The van der Waals surface area contributed by atoms with Crippen LogP contribution in [0, 0.1) is 6.92 Å². The molecule has 2 aromatic carbocycles. The molecule has 1 atom stereocenters. The van der Waals surface area contributed by atoms with Crippen molar-refractivity contribution in [3.05, 3.63) is 65.2 Å². The van der Waals surface area contributed by atoms with Crippen molar-refractivity contribution in [1.82, 2.24) is 0 Å². The minimum absolute atomic E-state index is 0.282. The molecule has 0 aliphatic carbocycles. The lowest BCUT2D eigenvalue weighted by molar-refractivity contribution is 0.0338. The summed E-state index contributed by atoms with van der Waals surface area (Å²) in [5.74, 6) is -0.355. The van der Waals surface area contributed by atoms with Crippen molar-refractivity contribution >= 4 is 11.7 Å². The van der Waals surface area contributed by atoms with Crippen LogP contribution in [-0.2, 0) is 4.74 Å². The fraction of sp³-hybridized carbons (Fsp3) is 0.188. The lowest BCUT2D eigenvalue weighted by atomic mass is 10.1. The molecule has 19 heavy (non-hydrogen) atoms. The molecular formula is C16H17NO2. The van der Waals surface area contributed by atoms with E-state index in [0.29, 0.717) is 11.3 Å². The van der Waals surface area contributed by atoms with Crippen LogP contribution in [-0.4, -0.2) is 5.97 Å². The van der Waals surface area contributed by atoms with Gasteiger partial charge in [0.1, 0.15) is 6.10 Å². The highest BCUT2D eigenvalue weighted by Gasteiger charge is 2.14. The molecule has 0 fully saturated rings. The zero-order valence-corrected chi connectivity index (χ0v) is 11.1. The van der Waals surface area contributed by atoms with E-state index in [9.17, 15) is 4.79 Å². The van der Waals surface area contributed by atoms with Gasteiger partial charge in [0.05, 0.1) is 5.56 Å². The lowest BCUT2D eigenvalue weighted by Crippen LogP contribution is -2.09. The Morgan fingerprint density at radius 3 is 2.47 bits per heavy atom. The van der Waals surface area contributed by atoms with Gasteiger partial charge < -0.3 is 10.5 Å². The molecule has 0 saturated heterocycles. The van der Waals surface area contributed by atoms with Gasteiger partial charge >= 0.3 is 5.97 Å².